The predicted molar refractivity (Wildman–Crippen MR) is 85.9 cm³/mol. The molecule has 6 heteroatoms. The summed E-state index contributed by atoms with van der Waals surface area (Å²) in [5.74, 6) is -0.300. The van der Waals surface area contributed by atoms with Crippen molar-refractivity contribution in [2.24, 2.45) is 0 Å². The Morgan fingerprint density at radius 2 is 2.00 bits per heavy atom. The van der Waals surface area contributed by atoms with Crippen LogP contribution in [0.25, 0.3) is 0 Å². The number of rotatable bonds is 2. The van der Waals surface area contributed by atoms with Gasteiger partial charge in [-0.25, -0.2) is 4.79 Å². The molecular formula is C14H23ClN2O2S. The van der Waals surface area contributed by atoms with Gasteiger partial charge in [0, 0.05) is 16.0 Å². The number of anilines is 1. The Morgan fingerprint density at radius 3 is 2.55 bits per heavy atom. The fourth-order valence-electron chi connectivity index (χ4n) is 2.97. The van der Waals surface area contributed by atoms with Crippen molar-refractivity contribution in [2.45, 2.75) is 52.1 Å². The minimum Gasteiger partial charge on any atom is -0.462 e. The number of ether oxygens (including phenoxy) is 1. The molecule has 0 aliphatic carbocycles. The zero-order valence-electron chi connectivity index (χ0n) is 12.6. The Bertz CT molecular complexity index is 523. The third-order valence-corrected chi connectivity index (χ3v) is 4.74. The smallest absolute Gasteiger partial charge is 0.341 e. The minimum absolute atomic E-state index is 0. The van der Waals surface area contributed by atoms with Gasteiger partial charge in [-0.15, -0.1) is 23.7 Å². The Labute approximate surface area is 130 Å². The quantitative estimate of drug-likeness (QED) is 0.822. The molecule has 0 atom stereocenters. The van der Waals surface area contributed by atoms with Gasteiger partial charge in [0.05, 0.1) is 12.2 Å². The third kappa shape index (κ3) is 2.95. The van der Waals surface area contributed by atoms with E-state index in [1.165, 1.54) is 11.3 Å². The van der Waals surface area contributed by atoms with Crippen LogP contribution in [-0.2, 0) is 16.7 Å². The monoisotopic (exact) mass is 318 g/mol. The number of halogens is 1. The second-order valence-corrected chi connectivity index (χ2v) is 7.23. The molecule has 0 radical (unpaired) electrons. The van der Waals surface area contributed by atoms with Crippen LogP contribution in [0.15, 0.2) is 0 Å². The van der Waals surface area contributed by atoms with Crippen molar-refractivity contribution < 1.29 is 9.53 Å². The lowest BCUT2D eigenvalue weighted by molar-refractivity contribution is 0.0526. The van der Waals surface area contributed by atoms with Crippen molar-refractivity contribution in [3.8, 4) is 0 Å². The van der Waals surface area contributed by atoms with Crippen LogP contribution in [0.1, 0.15) is 55.4 Å². The largest absolute Gasteiger partial charge is 0.462 e. The van der Waals surface area contributed by atoms with E-state index in [9.17, 15) is 4.79 Å². The summed E-state index contributed by atoms with van der Waals surface area (Å²) >= 11 is 1.49. The molecule has 0 aromatic carbocycles. The number of nitrogens with two attached hydrogens (primary N) is 1. The number of thiophene rings is 1. The van der Waals surface area contributed by atoms with Gasteiger partial charge < -0.3 is 15.8 Å². The maximum Gasteiger partial charge on any atom is 0.341 e. The Kier molecular flexibility index (Phi) is 4.79. The number of fused-ring (bicyclic) bond motifs is 1. The number of esters is 1. The lowest BCUT2D eigenvalue weighted by Gasteiger charge is -2.42. The lowest BCUT2D eigenvalue weighted by atomic mass is 9.81. The molecule has 0 fully saturated rings. The summed E-state index contributed by atoms with van der Waals surface area (Å²) in [6, 6.07) is 0. The molecule has 20 heavy (non-hydrogen) atoms. The maximum absolute atomic E-state index is 12.1. The van der Waals surface area contributed by atoms with E-state index in [4.69, 9.17) is 10.5 Å². The lowest BCUT2D eigenvalue weighted by Crippen LogP contribution is -2.55. The van der Waals surface area contributed by atoms with Crippen LogP contribution in [0.4, 0.5) is 5.00 Å². The van der Waals surface area contributed by atoms with Gasteiger partial charge in [-0.3, -0.25) is 0 Å². The second kappa shape index (κ2) is 5.54. The average molecular weight is 319 g/mol. The van der Waals surface area contributed by atoms with Gasteiger partial charge in [0.2, 0.25) is 0 Å². The van der Waals surface area contributed by atoms with Crippen LogP contribution in [0.3, 0.4) is 0 Å². The van der Waals surface area contributed by atoms with Gasteiger partial charge in [-0.2, -0.15) is 0 Å². The van der Waals surface area contributed by atoms with E-state index in [0.717, 1.165) is 16.9 Å². The highest BCUT2D eigenvalue weighted by atomic mass is 35.5. The summed E-state index contributed by atoms with van der Waals surface area (Å²) in [5.41, 5.74) is 7.43. The van der Waals surface area contributed by atoms with E-state index < -0.39 is 0 Å². The molecule has 0 spiro atoms. The predicted octanol–water partition coefficient (Wildman–Crippen LogP) is 3.09. The topological polar surface area (TPSA) is 64.3 Å². The highest BCUT2D eigenvalue weighted by Gasteiger charge is 2.41. The molecular weight excluding hydrogens is 296 g/mol. The number of carbonyl (C=O) groups excluding carboxylic acids is 1. The molecule has 0 amide bonds. The van der Waals surface area contributed by atoms with Crippen molar-refractivity contribution >= 4 is 34.7 Å². The third-order valence-electron chi connectivity index (χ3n) is 3.35. The molecule has 1 aliphatic heterocycles. The molecule has 2 heterocycles. The fraction of sp³-hybridized carbons (Fsp3) is 0.643. The van der Waals surface area contributed by atoms with Crippen LogP contribution < -0.4 is 11.1 Å². The van der Waals surface area contributed by atoms with Crippen LogP contribution in [0, 0.1) is 0 Å². The normalized spacial score (nSPS) is 18.9. The van der Waals surface area contributed by atoms with Crippen molar-refractivity contribution in [3.63, 3.8) is 0 Å². The molecule has 2 rings (SSSR count). The van der Waals surface area contributed by atoms with Gasteiger partial charge in [-0.05, 0) is 46.6 Å². The fourth-order valence-corrected chi connectivity index (χ4v) is 4.11. The number of hydrogen-bond donors (Lipinski definition) is 2. The Morgan fingerprint density at radius 1 is 1.40 bits per heavy atom. The maximum atomic E-state index is 12.1. The second-order valence-electron chi connectivity index (χ2n) is 6.18. The molecule has 1 aromatic rings. The molecule has 0 saturated heterocycles. The zero-order valence-corrected chi connectivity index (χ0v) is 14.3. The molecule has 0 saturated carbocycles. The Hall–Kier alpha value is -0.780. The average Bonchev–Trinajstić information content (AvgIpc) is 2.53. The molecule has 1 aromatic heterocycles. The van der Waals surface area contributed by atoms with E-state index >= 15 is 0 Å². The molecule has 1 aliphatic rings. The minimum atomic E-state index is -0.300. The number of nitrogens with one attached hydrogen (secondary N) is 1. The van der Waals surface area contributed by atoms with Gasteiger partial charge in [0.25, 0.3) is 0 Å². The first-order valence-corrected chi connectivity index (χ1v) is 7.37. The Balaban J connectivity index is 0.00000200. The van der Waals surface area contributed by atoms with Crippen molar-refractivity contribution in [3.05, 3.63) is 16.0 Å². The van der Waals surface area contributed by atoms with Crippen LogP contribution in [-0.4, -0.2) is 18.1 Å². The summed E-state index contributed by atoms with van der Waals surface area (Å²) in [5, 5.41) is 4.17. The molecule has 0 bridgehead atoms. The van der Waals surface area contributed by atoms with Crippen molar-refractivity contribution in [1.82, 2.24) is 5.32 Å². The number of carbonyl (C=O) groups is 1. The molecule has 114 valence electrons. The summed E-state index contributed by atoms with van der Waals surface area (Å²) in [7, 11) is 0. The van der Waals surface area contributed by atoms with E-state index in [0.29, 0.717) is 17.2 Å². The highest BCUT2D eigenvalue weighted by molar-refractivity contribution is 7.16. The van der Waals surface area contributed by atoms with Crippen molar-refractivity contribution in [2.75, 3.05) is 12.3 Å². The van der Waals surface area contributed by atoms with E-state index in [1.807, 2.05) is 6.92 Å². The first kappa shape index (κ1) is 17.3. The van der Waals surface area contributed by atoms with E-state index in [1.54, 1.807) is 0 Å². The van der Waals surface area contributed by atoms with Crippen molar-refractivity contribution in [1.29, 1.82) is 0 Å². The van der Waals surface area contributed by atoms with Gasteiger partial charge in [-0.1, -0.05) is 0 Å². The van der Waals surface area contributed by atoms with Crippen LogP contribution >= 0.6 is 23.7 Å². The first-order chi connectivity index (χ1) is 8.68. The molecule has 0 unspecified atom stereocenters. The number of hydrogen-bond acceptors (Lipinski definition) is 5. The van der Waals surface area contributed by atoms with E-state index in [2.05, 4.69) is 33.0 Å². The molecule has 3 N–H and O–H groups in total. The molecule has 4 nitrogen and oxygen atoms in total. The number of nitrogen functional groups attached to an aromatic ring is 1. The zero-order chi connectivity index (χ0) is 14.4. The van der Waals surface area contributed by atoms with E-state index in [-0.39, 0.29) is 29.5 Å². The summed E-state index contributed by atoms with van der Waals surface area (Å²) in [6.45, 7) is 10.7. The van der Waals surface area contributed by atoms with Crippen LogP contribution in [0.5, 0.6) is 0 Å². The highest BCUT2D eigenvalue weighted by Crippen LogP contribution is 2.44. The first-order valence-electron chi connectivity index (χ1n) is 6.56. The SMILES string of the molecule is CCOC(=O)c1c(N)sc2c1CC(C)(C)NC2(C)C.Cl. The summed E-state index contributed by atoms with van der Waals surface area (Å²) < 4.78 is 5.14. The van der Waals surface area contributed by atoms with Crippen LogP contribution in [0.2, 0.25) is 0 Å². The summed E-state index contributed by atoms with van der Waals surface area (Å²) in [4.78, 5) is 13.3. The van der Waals surface area contributed by atoms with Gasteiger partial charge >= 0.3 is 5.97 Å². The van der Waals surface area contributed by atoms with Gasteiger partial charge in [0.15, 0.2) is 0 Å². The van der Waals surface area contributed by atoms with Gasteiger partial charge in [0.1, 0.15) is 5.00 Å². The summed E-state index contributed by atoms with van der Waals surface area (Å²) in [6.07, 6.45) is 0.785. The standard InChI is InChI=1S/C14H22N2O2S.ClH/c1-6-18-12(17)9-8-7-13(2,3)16-14(4,5)10(8)19-11(9)15;/h16H,6-7,15H2,1-5H3;1H.